The number of aliphatic hydroxyl groups is 3. The molecule has 2 fully saturated rings. The summed E-state index contributed by atoms with van der Waals surface area (Å²) in [6.07, 6.45) is 12.4. The van der Waals surface area contributed by atoms with Crippen molar-refractivity contribution in [2.75, 3.05) is 6.61 Å². The molecular weight excluding hydrogens is 456 g/mol. The molecule has 4 aliphatic rings. The highest BCUT2D eigenvalue weighted by molar-refractivity contribution is 5.95. The van der Waals surface area contributed by atoms with Gasteiger partial charge in [-0.05, 0) is 60.5 Å². The average Bonchev–Trinajstić information content (AvgIpc) is 3.32. The molecule has 3 N–H and O–H groups in total. The number of rotatable bonds is 8. The molecule has 4 aliphatic carbocycles. The SMILES string of the molecule is CCCCC/C=C/C=C/C(=O)O[C@H]1C(C)=C[C@]23C(=O)[C@@H](C=C(CO)[C@@H](O)[C@]12O)[C@H]1[C@@H](C[C@H]3C)C1(C)C. The number of carbonyl (C=O) groups excluding carboxylic acids is 2. The molecule has 6 heteroatoms. The molecular formula is C30H42O6. The van der Waals surface area contributed by atoms with E-state index >= 15 is 0 Å². The number of hydrogen-bond acceptors (Lipinski definition) is 6. The zero-order chi connectivity index (χ0) is 26.5. The van der Waals surface area contributed by atoms with Crippen LogP contribution in [-0.4, -0.2) is 51.5 Å². The lowest BCUT2D eigenvalue weighted by Gasteiger charge is -2.48. The fourth-order valence-corrected chi connectivity index (χ4v) is 7.57. The van der Waals surface area contributed by atoms with Gasteiger partial charge in [-0.3, -0.25) is 4.79 Å². The first-order valence-electron chi connectivity index (χ1n) is 13.5. The van der Waals surface area contributed by atoms with Crippen LogP contribution in [0.2, 0.25) is 0 Å². The molecule has 198 valence electrons. The van der Waals surface area contributed by atoms with Crippen LogP contribution in [0.4, 0.5) is 0 Å². The third-order valence-corrected chi connectivity index (χ3v) is 9.58. The monoisotopic (exact) mass is 498 g/mol. The van der Waals surface area contributed by atoms with E-state index in [2.05, 4.69) is 20.8 Å². The molecule has 4 rings (SSSR count). The van der Waals surface area contributed by atoms with Crippen LogP contribution in [0, 0.1) is 34.5 Å². The predicted octanol–water partition coefficient (Wildman–Crippen LogP) is 4.06. The van der Waals surface area contributed by atoms with Crippen LogP contribution >= 0.6 is 0 Å². The highest BCUT2D eigenvalue weighted by Crippen LogP contribution is 2.71. The Labute approximate surface area is 214 Å². The Morgan fingerprint density at radius 3 is 2.64 bits per heavy atom. The Morgan fingerprint density at radius 2 is 1.97 bits per heavy atom. The van der Waals surface area contributed by atoms with E-state index < -0.39 is 41.7 Å². The number of ketones is 1. The first-order valence-corrected chi connectivity index (χ1v) is 13.5. The second kappa shape index (κ2) is 9.70. The first kappa shape index (κ1) is 27.0. The van der Waals surface area contributed by atoms with Crippen LogP contribution in [0.25, 0.3) is 0 Å². The number of esters is 1. The van der Waals surface area contributed by atoms with Gasteiger partial charge in [0.1, 0.15) is 6.10 Å². The lowest BCUT2D eigenvalue weighted by atomic mass is 9.59. The van der Waals surface area contributed by atoms with E-state index in [4.69, 9.17) is 4.74 Å². The van der Waals surface area contributed by atoms with Gasteiger partial charge in [0, 0.05) is 12.0 Å². The molecule has 0 aromatic rings. The van der Waals surface area contributed by atoms with Gasteiger partial charge in [-0.2, -0.15) is 0 Å². The number of unbranched alkanes of at least 4 members (excludes halogenated alkanes) is 3. The maximum absolute atomic E-state index is 14.3. The van der Waals surface area contributed by atoms with E-state index in [1.165, 1.54) is 6.08 Å². The summed E-state index contributed by atoms with van der Waals surface area (Å²) in [7, 11) is 0. The predicted molar refractivity (Wildman–Crippen MR) is 138 cm³/mol. The van der Waals surface area contributed by atoms with Crippen molar-refractivity contribution in [3.8, 4) is 0 Å². The van der Waals surface area contributed by atoms with Crippen molar-refractivity contribution < 1.29 is 29.6 Å². The summed E-state index contributed by atoms with van der Waals surface area (Å²) in [5.41, 5.74) is -2.79. The summed E-state index contributed by atoms with van der Waals surface area (Å²) in [6, 6.07) is 0. The normalized spacial score (nSPS) is 40.8. The number of hydrogen-bond donors (Lipinski definition) is 3. The molecule has 0 aromatic carbocycles. The summed E-state index contributed by atoms with van der Waals surface area (Å²) in [6.45, 7) is 9.66. The van der Waals surface area contributed by atoms with Crippen LogP contribution in [-0.2, 0) is 14.3 Å². The third-order valence-electron chi connectivity index (χ3n) is 9.58. The Morgan fingerprint density at radius 1 is 1.25 bits per heavy atom. The highest BCUT2D eigenvalue weighted by atomic mass is 16.6. The smallest absolute Gasteiger partial charge is 0.331 e. The molecule has 6 nitrogen and oxygen atoms in total. The van der Waals surface area contributed by atoms with E-state index in [9.17, 15) is 24.9 Å². The van der Waals surface area contributed by atoms with Gasteiger partial charge in [0.2, 0.25) is 0 Å². The van der Waals surface area contributed by atoms with E-state index in [0.717, 1.165) is 32.1 Å². The van der Waals surface area contributed by atoms with Crippen molar-refractivity contribution in [1.82, 2.24) is 0 Å². The van der Waals surface area contributed by atoms with Crippen LogP contribution in [0.5, 0.6) is 0 Å². The van der Waals surface area contributed by atoms with E-state index in [1.807, 2.05) is 13.0 Å². The average molecular weight is 499 g/mol. The van der Waals surface area contributed by atoms with Gasteiger partial charge >= 0.3 is 5.97 Å². The van der Waals surface area contributed by atoms with Crippen molar-refractivity contribution in [2.45, 2.75) is 84.5 Å². The fraction of sp³-hybridized carbons (Fsp3) is 0.667. The summed E-state index contributed by atoms with van der Waals surface area (Å²) in [5.74, 6) is -1.21. The van der Waals surface area contributed by atoms with Crippen molar-refractivity contribution >= 4 is 11.8 Å². The molecule has 0 aliphatic heterocycles. The van der Waals surface area contributed by atoms with E-state index in [-0.39, 0.29) is 28.6 Å². The van der Waals surface area contributed by atoms with Crippen LogP contribution in [0.1, 0.15) is 66.7 Å². The number of fused-ring (bicyclic) bond motifs is 3. The number of carbonyl (C=O) groups is 2. The summed E-state index contributed by atoms with van der Waals surface area (Å²) >= 11 is 0. The zero-order valence-corrected chi connectivity index (χ0v) is 22.2. The Hall–Kier alpha value is -2.02. The minimum absolute atomic E-state index is 0.0290. The standard InChI is InChI=1S/C30H42O6/c1-6-7-8-9-10-11-12-13-23(32)36-27-18(2)16-29-19(3)14-22-24(28(22,4)5)21(26(29)34)15-20(17-31)25(33)30(27,29)35/h10-13,15-16,19,21-22,24-25,27,31,33,35H,6-9,14,17H2,1-5H3/b11-10+,13-12+/t19-,21+,22-,24+,25-,27+,29+,30+/m1/s1. The van der Waals surface area contributed by atoms with Gasteiger partial charge < -0.3 is 20.1 Å². The van der Waals surface area contributed by atoms with Crippen molar-refractivity contribution in [3.05, 3.63) is 47.6 Å². The molecule has 0 unspecified atom stereocenters. The Bertz CT molecular complexity index is 1020. The number of aliphatic hydroxyl groups excluding tert-OH is 2. The molecule has 0 radical (unpaired) electrons. The maximum Gasteiger partial charge on any atom is 0.331 e. The van der Waals surface area contributed by atoms with Gasteiger partial charge in [-0.25, -0.2) is 4.79 Å². The van der Waals surface area contributed by atoms with Gasteiger partial charge in [-0.1, -0.05) is 70.9 Å². The Balaban J connectivity index is 1.66. The van der Waals surface area contributed by atoms with Gasteiger partial charge in [0.05, 0.1) is 12.0 Å². The Kier molecular flexibility index (Phi) is 7.28. The first-order chi connectivity index (χ1) is 17.0. The van der Waals surface area contributed by atoms with Crippen LogP contribution in [0.15, 0.2) is 47.6 Å². The van der Waals surface area contributed by atoms with Gasteiger partial charge in [0.25, 0.3) is 0 Å². The molecule has 0 saturated heterocycles. The molecule has 2 bridgehead atoms. The summed E-state index contributed by atoms with van der Waals surface area (Å²) in [4.78, 5) is 27.1. The van der Waals surface area contributed by atoms with Gasteiger partial charge in [0.15, 0.2) is 17.5 Å². The molecule has 0 aromatic heterocycles. The summed E-state index contributed by atoms with van der Waals surface area (Å²) in [5, 5.41) is 34.0. The topological polar surface area (TPSA) is 104 Å². The van der Waals surface area contributed by atoms with Crippen molar-refractivity contribution in [2.24, 2.45) is 34.5 Å². The minimum atomic E-state index is -2.10. The minimum Gasteiger partial charge on any atom is -0.451 e. The fourth-order valence-electron chi connectivity index (χ4n) is 7.57. The number of ether oxygens (including phenoxy) is 1. The maximum atomic E-state index is 14.3. The molecule has 1 spiro atoms. The second-order valence-electron chi connectivity index (χ2n) is 12.0. The van der Waals surface area contributed by atoms with Crippen molar-refractivity contribution in [3.63, 3.8) is 0 Å². The third kappa shape index (κ3) is 3.88. The van der Waals surface area contributed by atoms with Crippen LogP contribution < -0.4 is 0 Å². The number of allylic oxidation sites excluding steroid dienone is 4. The molecule has 0 heterocycles. The molecule has 2 saturated carbocycles. The van der Waals surface area contributed by atoms with E-state index in [0.29, 0.717) is 11.5 Å². The molecule has 0 amide bonds. The van der Waals surface area contributed by atoms with Crippen molar-refractivity contribution in [1.29, 1.82) is 0 Å². The van der Waals surface area contributed by atoms with Gasteiger partial charge in [-0.15, -0.1) is 0 Å². The lowest BCUT2D eigenvalue weighted by Crippen LogP contribution is -2.65. The quantitative estimate of drug-likeness (QED) is 0.153. The largest absolute Gasteiger partial charge is 0.451 e. The second-order valence-corrected chi connectivity index (χ2v) is 12.0. The zero-order valence-electron chi connectivity index (χ0n) is 22.2. The number of Topliss-reactive ketones (excluding diaryl/α,β-unsaturated/α-hetero) is 1. The lowest BCUT2D eigenvalue weighted by molar-refractivity contribution is -0.201. The van der Waals surface area contributed by atoms with E-state index in [1.54, 1.807) is 31.2 Å². The molecule has 36 heavy (non-hydrogen) atoms. The summed E-state index contributed by atoms with van der Waals surface area (Å²) < 4.78 is 5.76. The highest BCUT2D eigenvalue weighted by Gasteiger charge is 2.76. The van der Waals surface area contributed by atoms with Crippen LogP contribution in [0.3, 0.4) is 0 Å². The molecule has 8 atom stereocenters.